The van der Waals surface area contributed by atoms with Gasteiger partial charge in [0.15, 0.2) is 0 Å². The summed E-state index contributed by atoms with van der Waals surface area (Å²) in [5.74, 6) is -1.31. The van der Waals surface area contributed by atoms with Gasteiger partial charge in [-0.05, 0) is 80.8 Å². The van der Waals surface area contributed by atoms with Crippen molar-refractivity contribution in [3.63, 3.8) is 0 Å². The molecule has 0 saturated heterocycles. The zero-order chi connectivity index (χ0) is 28.9. The summed E-state index contributed by atoms with van der Waals surface area (Å²) in [4.78, 5) is 28.5. The van der Waals surface area contributed by atoms with E-state index in [4.69, 9.17) is 11.6 Å². The van der Waals surface area contributed by atoms with Gasteiger partial charge in [-0.3, -0.25) is 13.9 Å². The van der Waals surface area contributed by atoms with E-state index in [1.165, 1.54) is 41.3 Å². The average molecular weight is 586 g/mol. The quantitative estimate of drug-likeness (QED) is 0.342. The van der Waals surface area contributed by atoms with E-state index in [1.54, 1.807) is 43.3 Å². The fourth-order valence-corrected chi connectivity index (χ4v) is 6.27. The van der Waals surface area contributed by atoms with Crippen LogP contribution in [0.2, 0.25) is 5.02 Å². The summed E-state index contributed by atoms with van der Waals surface area (Å²) in [5, 5.41) is 3.40. The number of nitrogens with zero attached hydrogens (tertiary/aromatic N) is 2. The molecule has 1 saturated carbocycles. The summed E-state index contributed by atoms with van der Waals surface area (Å²) in [6, 6.07) is 17.3. The van der Waals surface area contributed by atoms with Crippen molar-refractivity contribution in [2.75, 3.05) is 10.8 Å². The van der Waals surface area contributed by atoms with Gasteiger partial charge in [0.05, 0.1) is 10.6 Å². The maximum atomic E-state index is 13.9. The highest BCUT2D eigenvalue weighted by Crippen LogP contribution is 2.26. The number of nitrogens with one attached hydrogen (secondary N) is 1. The Hall–Kier alpha value is -3.43. The van der Waals surface area contributed by atoms with Crippen molar-refractivity contribution in [3.8, 4) is 0 Å². The Balaban J connectivity index is 1.67. The van der Waals surface area contributed by atoms with Gasteiger partial charge in [0, 0.05) is 17.6 Å². The minimum Gasteiger partial charge on any atom is -0.352 e. The van der Waals surface area contributed by atoms with Crippen LogP contribution in [0.4, 0.5) is 10.1 Å². The van der Waals surface area contributed by atoms with E-state index in [9.17, 15) is 22.4 Å². The van der Waals surface area contributed by atoms with Gasteiger partial charge in [-0.15, -0.1) is 0 Å². The SMILES string of the molecule is Cc1ccc(N(CC(=O)N(Cc2ccc(F)cc2)C(C)C(=O)NC2CCCC2)S(=O)(=O)c2ccc(Cl)cc2)cc1. The molecule has 1 fully saturated rings. The molecule has 1 atom stereocenters. The van der Waals surface area contributed by atoms with Crippen molar-refractivity contribution in [1.82, 2.24) is 10.2 Å². The van der Waals surface area contributed by atoms with Gasteiger partial charge >= 0.3 is 0 Å². The van der Waals surface area contributed by atoms with Crippen LogP contribution in [-0.2, 0) is 26.2 Å². The van der Waals surface area contributed by atoms with Gasteiger partial charge in [-0.25, -0.2) is 12.8 Å². The Morgan fingerprint density at radius 3 is 2.17 bits per heavy atom. The monoisotopic (exact) mass is 585 g/mol. The van der Waals surface area contributed by atoms with Gasteiger partial charge in [0.2, 0.25) is 11.8 Å². The lowest BCUT2D eigenvalue weighted by molar-refractivity contribution is -0.139. The lowest BCUT2D eigenvalue weighted by Gasteiger charge is -2.32. The molecule has 40 heavy (non-hydrogen) atoms. The predicted octanol–water partition coefficient (Wildman–Crippen LogP) is 5.46. The first kappa shape index (κ1) is 29.6. The summed E-state index contributed by atoms with van der Waals surface area (Å²) in [6.45, 7) is 2.95. The number of halogens is 2. The third-order valence-electron chi connectivity index (χ3n) is 7.14. The van der Waals surface area contributed by atoms with Crippen LogP contribution < -0.4 is 9.62 Å². The third-order valence-corrected chi connectivity index (χ3v) is 9.18. The molecular weight excluding hydrogens is 553 g/mol. The second-order valence-electron chi connectivity index (χ2n) is 10.1. The molecule has 0 bridgehead atoms. The number of rotatable bonds is 10. The first-order valence-corrected chi connectivity index (χ1v) is 15.1. The van der Waals surface area contributed by atoms with Crippen molar-refractivity contribution in [3.05, 3.63) is 94.8 Å². The molecule has 0 radical (unpaired) electrons. The summed E-state index contributed by atoms with van der Waals surface area (Å²) in [7, 11) is -4.18. The standard InChI is InChI=1S/C30H33ClFN3O4S/c1-21-7-15-27(16-8-21)35(40(38,39)28-17-11-24(31)12-18-28)20-29(36)34(19-23-9-13-25(32)14-10-23)22(2)30(37)33-26-5-3-4-6-26/h7-18,22,26H,3-6,19-20H2,1-2H3,(H,33,37). The first-order valence-electron chi connectivity index (χ1n) is 13.2. The van der Waals surface area contributed by atoms with Crippen molar-refractivity contribution in [1.29, 1.82) is 0 Å². The number of sulfonamides is 1. The van der Waals surface area contributed by atoms with Gasteiger partial charge < -0.3 is 10.2 Å². The van der Waals surface area contributed by atoms with Gasteiger partial charge in [0.25, 0.3) is 10.0 Å². The van der Waals surface area contributed by atoms with E-state index < -0.39 is 34.3 Å². The highest BCUT2D eigenvalue weighted by molar-refractivity contribution is 7.92. The van der Waals surface area contributed by atoms with Crippen LogP contribution in [0.25, 0.3) is 0 Å². The predicted molar refractivity (Wildman–Crippen MR) is 154 cm³/mol. The molecule has 1 aliphatic carbocycles. The Morgan fingerprint density at radius 2 is 1.57 bits per heavy atom. The van der Waals surface area contributed by atoms with E-state index >= 15 is 0 Å². The molecule has 212 valence electrons. The lowest BCUT2D eigenvalue weighted by atomic mass is 10.1. The molecule has 1 unspecified atom stereocenters. The van der Waals surface area contributed by atoms with Gasteiger partial charge in [0.1, 0.15) is 18.4 Å². The maximum Gasteiger partial charge on any atom is 0.264 e. The van der Waals surface area contributed by atoms with Gasteiger partial charge in [-0.1, -0.05) is 54.3 Å². The number of amides is 2. The first-order chi connectivity index (χ1) is 19.0. The maximum absolute atomic E-state index is 13.9. The number of carbonyl (C=O) groups is 2. The van der Waals surface area contributed by atoms with Crippen molar-refractivity contribution in [2.24, 2.45) is 0 Å². The second kappa shape index (κ2) is 12.8. The molecule has 0 aliphatic heterocycles. The fourth-order valence-electron chi connectivity index (χ4n) is 4.73. The number of hydrogen-bond acceptors (Lipinski definition) is 4. The number of aryl methyl sites for hydroxylation is 1. The van der Waals surface area contributed by atoms with Crippen LogP contribution in [0.5, 0.6) is 0 Å². The molecule has 1 N–H and O–H groups in total. The zero-order valence-electron chi connectivity index (χ0n) is 22.5. The van der Waals surface area contributed by atoms with Crippen LogP contribution in [0.15, 0.2) is 77.7 Å². The van der Waals surface area contributed by atoms with Crippen LogP contribution in [-0.4, -0.2) is 43.8 Å². The Morgan fingerprint density at radius 1 is 0.975 bits per heavy atom. The molecule has 0 heterocycles. The van der Waals surface area contributed by atoms with Crippen molar-refractivity contribution >= 4 is 39.1 Å². The molecule has 4 rings (SSSR count). The van der Waals surface area contributed by atoms with Crippen LogP contribution >= 0.6 is 11.6 Å². The van der Waals surface area contributed by atoms with E-state index in [-0.39, 0.29) is 23.4 Å². The molecule has 7 nitrogen and oxygen atoms in total. The van der Waals surface area contributed by atoms with E-state index in [2.05, 4.69) is 5.32 Å². The number of hydrogen-bond donors (Lipinski definition) is 1. The van der Waals surface area contributed by atoms with E-state index in [0.717, 1.165) is 35.6 Å². The smallest absolute Gasteiger partial charge is 0.264 e. The van der Waals surface area contributed by atoms with E-state index in [0.29, 0.717) is 16.3 Å². The highest BCUT2D eigenvalue weighted by atomic mass is 35.5. The Kier molecular flexibility index (Phi) is 9.48. The summed E-state index contributed by atoms with van der Waals surface area (Å²) >= 11 is 5.98. The average Bonchev–Trinajstić information content (AvgIpc) is 3.44. The Bertz CT molecular complexity index is 1430. The Labute approximate surface area is 240 Å². The number of benzene rings is 3. The van der Waals surface area contributed by atoms with Gasteiger partial charge in [-0.2, -0.15) is 0 Å². The molecule has 0 aromatic heterocycles. The zero-order valence-corrected chi connectivity index (χ0v) is 24.1. The second-order valence-corrected chi connectivity index (χ2v) is 12.4. The molecule has 3 aromatic carbocycles. The van der Waals surface area contributed by atoms with Crippen molar-refractivity contribution in [2.45, 2.75) is 63.1 Å². The topological polar surface area (TPSA) is 86.8 Å². The summed E-state index contributed by atoms with van der Waals surface area (Å²) < 4.78 is 42.2. The largest absolute Gasteiger partial charge is 0.352 e. The molecule has 2 amide bonds. The van der Waals surface area contributed by atoms with Crippen LogP contribution in [0.1, 0.15) is 43.7 Å². The molecule has 3 aromatic rings. The third kappa shape index (κ3) is 7.20. The molecule has 1 aliphatic rings. The number of carbonyl (C=O) groups excluding carboxylic acids is 2. The number of anilines is 1. The molecule has 10 heteroatoms. The molecular formula is C30H33ClFN3O4S. The van der Waals surface area contributed by atoms with Crippen LogP contribution in [0, 0.1) is 12.7 Å². The van der Waals surface area contributed by atoms with Crippen molar-refractivity contribution < 1.29 is 22.4 Å². The molecule has 0 spiro atoms. The summed E-state index contributed by atoms with van der Waals surface area (Å²) in [6.07, 6.45) is 3.83. The summed E-state index contributed by atoms with van der Waals surface area (Å²) in [5.41, 5.74) is 1.84. The fraction of sp³-hybridized carbons (Fsp3) is 0.333. The normalized spacial score (nSPS) is 14.5. The van der Waals surface area contributed by atoms with E-state index in [1.807, 2.05) is 6.92 Å². The highest BCUT2D eigenvalue weighted by Gasteiger charge is 2.33. The minimum atomic E-state index is -4.18. The van der Waals surface area contributed by atoms with Crippen LogP contribution in [0.3, 0.4) is 0 Å². The lowest BCUT2D eigenvalue weighted by Crippen LogP contribution is -2.52. The minimum absolute atomic E-state index is 0.00109.